The summed E-state index contributed by atoms with van der Waals surface area (Å²) in [4.78, 5) is 2.52. The summed E-state index contributed by atoms with van der Waals surface area (Å²) in [6, 6.07) is 4.42. The minimum Gasteiger partial charge on any atom is -0.504 e. The number of rotatable bonds is 1. The molecule has 5 rings (SSSR count). The van der Waals surface area contributed by atoms with Crippen LogP contribution in [-0.2, 0) is 16.6 Å². The van der Waals surface area contributed by atoms with Crippen LogP contribution in [0.15, 0.2) is 24.0 Å². The van der Waals surface area contributed by atoms with Crippen molar-refractivity contribution in [2.24, 2.45) is 11.8 Å². The van der Waals surface area contributed by atoms with Crippen LogP contribution in [0.2, 0.25) is 0 Å². The van der Waals surface area contributed by atoms with E-state index in [9.17, 15) is 5.11 Å². The Bertz CT molecular complexity index is 728. The number of methoxy groups -OCH3 is 1. The Balaban J connectivity index is 1.84. The summed E-state index contributed by atoms with van der Waals surface area (Å²) in [5.74, 6) is 2.87. The Morgan fingerprint density at radius 3 is 3.00 bits per heavy atom. The number of phenols is 1. The highest BCUT2D eigenvalue weighted by molar-refractivity contribution is 5.62. The van der Waals surface area contributed by atoms with Crippen LogP contribution in [0.1, 0.15) is 24.5 Å². The molecule has 1 saturated heterocycles. The smallest absolute Gasteiger partial charge is 0.166 e. The highest BCUT2D eigenvalue weighted by Gasteiger charge is 2.66. The lowest BCUT2D eigenvalue weighted by Crippen LogP contribution is -2.65. The minimum atomic E-state index is -0.0905. The van der Waals surface area contributed by atoms with Gasteiger partial charge in [0.1, 0.15) is 5.76 Å². The van der Waals surface area contributed by atoms with Crippen LogP contribution in [0, 0.1) is 11.8 Å². The van der Waals surface area contributed by atoms with Crippen LogP contribution in [-0.4, -0.2) is 42.9 Å². The van der Waals surface area contributed by atoms with Gasteiger partial charge < -0.3 is 19.5 Å². The van der Waals surface area contributed by atoms with Gasteiger partial charge in [0.25, 0.3) is 0 Å². The molecule has 2 heterocycles. The van der Waals surface area contributed by atoms with Crippen LogP contribution in [0.4, 0.5) is 0 Å². The van der Waals surface area contributed by atoms with Gasteiger partial charge in [-0.05, 0) is 56.0 Å². The van der Waals surface area contributed by atoms with Gasteiger partial charge in [-0.3, -0.25) is 0 Å². The molecule has 4 aliphatic rings. The second kappa shape index (κ2) is 4.23. The molecule has 1 aromatic carbocycles. The summed E-state index contributed by atoms with van der Waals surface area (Å²) in [6.45, 7) is 3.37. The Labute approximate surface area is 136 Å². The van der Waals surface area contributed by atoms with E-state index >= 15 is 0 Å². The van der Waals surface area contributed by atoms with E-state index in [1.54, 1.807) is 13.2 Å². The zero-order valence-electron chi connectivity index (χ0n) is 13.9. The number of hydrogen-bond acceptors (Lipinski definition) is 4. The number of likely N-dealkylation sites (N-methyl/N-ethyl adjacent to an activating group) is 1. The Hall–Kier alpha value is -1.68. The molecule has 2 aliphatic carbocycles. The number of aromatic hydroxyl groups is 1. The second-order valence-electron chi connectivity index (χ2n) is 7.65. The third-order valence-corrected chi connectivity index (χ3v) is 6.76. The van der Waals surface area contributed by atoms with Gasteiger partial charge in [-0.25, -0.2) is 0 Å². The lowest BCUT2D eigenvalue weighted by atomic mass is 9.50. The van der Waals surface area contributed by atoms with Gasteiger partial charge in [0.15, 0.2) is 17.6 Å². The number of nitrogens with zero attached hydrogens (tertiary/aromatic N) is 1. The fourth-order valence-electron chi connectivity index (χ4n) is 5.94. The van der Waals surface area contributed by atoms with E-state index in [1.165, 1.54) is 11.1 Å². The van der Waals surface area contributed by atoms with E-state index in [-0.39, 0.29) is 17.3 Å². The van der Waals surface area contributed by atoms with E-state index in [0.29, 0.717) is 23.6 Å². The molecular weight excluding hydrogens is 290 g/mol. The third-order valence-electron chi connectivity index (χ3n) is 6.76. The maximum Gasteiger partial charge on any atom is 0.166 e. The predicted molar refractivity (Wildman–Crippen MR) is 86.7 cm³/mol. The van der Waals surface area contributed by atoms with E-state index in [2.05, 4.69) is 31.0 Å². The standard InChI is InChI=1S/C19H23NO3/c1-10-8-14(22-3)18-19-6-7-20(2)12(15(10)19)9-11-4-5-13(21)17(23-18)16(11)19/h4-5,8,10,12,15,18,21H,6-7,9H2,1-3H3/t10?,12-,15?,18+,19+/m1/s1. The third kappa shape index (κ3) is 1.42. The molecule has 1 fully saturated rings. The quantitative estimate of drug-likeness (QED) is 0.865. The summed E-state index contributed by atoms with van der Waals surface area (Å²) in [6.07, 6.45) is 4.26. The monoisotopic (exact) mass is 313 g/mol. The molecule has 0 saturated carbocycles. The zero-order valence-corrected chi connectivity index (χ0v) is 13.9. The molecule has 2 unspecified atom stereocenters. The molecule has 2 bridgehead atoms. The first-order valence-corrected chi connectivity index (χ1v) is 8.56. The molecule has 1 aromatic rings. The van der Waals surface area contributed by atoms with Gasteiger partial charge in [0.2, 0.25) is 0 Å². The molecule has 23 heavy (non-hydrogen) atoms. The van der Waals surface area contributed by atoms with Gasteiger partial charge in [-0.1, -0.05) is 13.0 Å². The van der Waals surface area contributed by atoms with Crippen molar-refractivity contribution in [2.75, 3.05) is 20.7 Å². The fraction of sp³-hybridized carbons (Fsp3) is 0.579. The van der Waals surface area contributed by atoms with Crippen LogP contribution in [0.25, 0.3) is 0 Å². The van der Waals surface area contributed by atoms with Gasteiger partial charge in [0.05, 0.1) is 7.11 Å². The average molecular weight is 313 g/mol. The maximum absolute atomic E-state index is 10.4. The van der Waals surface area contributed by atoms with Gasteiger partial charge in [-0.2, -0.15) is 0 Å². The zero-order chi connectivity index (χ0) is 15.9. The highest BCUT2D eigenvalue weighted by Crippen LogP contribution is 2.64. The van der Waals surface area contributed by atoms with Crippen LogP contribution < -0.4 is 4.74 Å². The first-order valence-electron chi connectivity index (χ1n) is 8.56. The van der Waals surface area contributed by atoms with E-state index in [0.717, 1.165) is 25.1 Å². The van der Waals surface area contributed by atoms with Crippen molar-refractivity contribution in [3.63, 3.8) is 0 Å². The number of phenolic OH excluding ortho intramolecular Hbond substituents is 1. The van der Waals surface area contributed by atoms with E-state index in [1.807, 2.05) is 0 Å². The lowest BCUT2D eigenvalue weighted by molar-refractivity contribution is -0.0451. The molecule has 4 nitrogen and oxygen atoms in total. The first-order chi connectivity index (χ1) is 11.1. The topological polar surface area (TPSA) is 41.9 Å². The normalized spacial score (nSPS) is 40.2. The first kappa shape index (κ1) is 13.7. The molecule has 5 atom stereocenters. The van der Waals surface area contributed by atoms with Crippen LogP contribution in [0.3, 0.4) is 0 Å². The molecule has 4 heteroatoms. The summed E-state index contributed by atoms with van der Waals surface area (Å²) in [5, 5.41) is 10.4. The average Bonchev–Trinajstić information content (AvgIpc) is 2.89. The van der Waals surface area contributed by atoms with Crippen LogP contribution in [0.5, 0.6) is 11.5 Å². The molecule has 0 aromatic heterocycles. The fourth-order valence-corrected chi connectivity index (χ4v) is 5.94. The van der Waals surface area contributed by atoms with Gasteiger partial charge in [0, 0.05) is 17.0 Å². The maximum atomic E-state index is 10.4. The summed E-state index contributed by atoms with van der Waals surface area (Å²) in [5.41, 5.74) is 2.57. The molecular formula is C19H23NO3. The highest BCUT2D eigenvalue weighted by atomic mass is 16.5. The predicted octanol–water partition coefficient (Wildman–Crippen LogP) is 2.45. The van der Waals surface area contributed by atoms with Crippen molar-refractivity contribution in [3.05, 3.63) is 35.1 Å². The van der Waals surface area contributed by atoms with Crippen molar-refractivity contribution in [1.82, 2.24) is 4.90 Å². The number of allylic oxidation sites excluding steroid dienone is 1. The second-order valence-corrected chi connectivity index (χ2v) is 7.65. The molecule has 1 spiro atoms. The molecule has 0 radical (unpaired) electrons. The Kier molecular flexibility index (Phi) is 2.53. The summed E-state index contributed by atoms with van der Waals surface area (Å²) < 4.78 is 12.0. The van der Waals surface area contributed by atoms with Crippen molar-refractivity contribution in [1.29, 1.82) is 0 Å². The van der Waals surface area contributed by atoms with Crippen molar-refractivity contribution < 1.29 is 14.6 Å². The Morgan fingerprint density at radius 2 is 2.22 bits per heavy atom. The molecule has 1 N–H and O–H groups in total. The van der Waals surface area contributed by atoms with Crippen LogP contribution >= 0.6 is 0 Å². The van der Waals surface area contributed by atoms with Gasteiger partial charge >= 0.3 is 0 Å². The summed E-state index contributed by atoms with van der Waals surface area (Å²) >= 11 is 0. The Morgan fingerprint density at radius 1 is 1.39 bits per heavy atom. The molecule has 122 valence electrons. The SMILES string of the molecule is COC1=CC(C)C2[C@H]3Cc4ccc(O)c5c4[C@@]2(CCN3C)[C@H]1O5. The number of benzene rings is 1. The van der Waals surface area contributed by atoms with Crippen molar-refractivity contribution in [3.8, 4) is 11.5 Å². The minimum absolute atomic E-state index is 0.0433. The van der Waals surface area contributed by atoms with Gasteiger partial charge in [-0.15, -0.1) is 0 Å². The van der Waals surface area contributed by atoms with E-state index in [4.69, 9.17) is 9.47 Å². The number of ether oxygens (including phenoxy) is 2. The van der Waals surface area contributed by atoms with Crippen molar-refractivity contribution >= 4 is 0 Å². The lowest BCUT2D eigenvalue weighted by Gasteiger charge is -2.58. The molecule has 2 aliphatic heterocycles. The number of hydrogen-bond donors (Lipinski definition) is 1. The largest absolute Gasteiger partial charge is 0.504 e. The summed E-state index contributed by atoms with van der Waals surface area (Å²) in [7, 11) is 3.98. The van der Waals surface area contributed by atoms with E-state index < -0.39 is 0 Å². The number of piperidine rings is 1. The molecule has 0 amide bonds. The number of likely N-dealkylation sites (tertiary alicyclic amines) is 1. The van der Waals surface area contributed by atoms with Crippen molar-refractivity contribution in [2.45, 2.75) is 37.3 Å².